The Morgan fingerprint density at radius 3 is 2.69 bits per heavy atom. The van der Waals surface area contributed by atoms with Crippen molar-refractivity contribution >= 4 is 34.3 Å². The van der Waals surface area contributed by atoms with Crippen LogP contribution in [0.25, 0.3) is 22.3 Å². The van der Waals surface area contributed by atoms with Gasteiger partial charge in [0.25, 0.3) is 0 Å². The van der Waals surface area contributed by atoms with Crippen molar-refractivity contribution in [2.75, 3.05) is 36.5 Å². The predicted octanol–water partition coefficient (Wildman–Crippen LogP) is 4.40. The molecular weight excluding hydrogens is 442 g/mol. The Kier molecular flexibility index (Phi) is 5.61. The molecule has 9 nitrogen and oxygen atoms in total. The minimum atomic E-state index is 0.0244. The molecule has 1 aliphatic heterocycles. The summed E-state index contributed by atoms with van der Waals surface area (Å²) in [6, 6.07) is 12.4. The number of ether oxygens (including phenoxy) is 1. The van der Waals surface area contributed by atoms with E-state index in [1.54, 1.807) is 12.3 Å². The quantitative estimate of drug-likeness (QED) is 0.398. The highest BCUT2D eigenvalue weighted by atomic mass is 16.5. The smallest absolute Gasteiger partial charge is 0.228 e. The van der Waals surface area contributed by atoms with E-state index in [4.69, 9.17) is 14.7 Å². The van der Waals surface area contributed by atoms with Crippen molar-refractivity contribution in [3.05, 3.63) is 54.6 Å². The molecule has 2 aliphatic rings. The maximum absolute atomic E-state index is 11.9. The molecular formula is C26H27N7O2. The van der Waals surface area contributed by atoms with Crippen molar-refractivity contribution in [2.45, 2.75) is 32.2 Å². The van der Waals surface area contributed by atoms with Gasteiger partial charge in [-0.3, -0.25) is 9.78 Å². The molecule has 9 heteroatoms. The monoisotopic (exact) mass is 469 g/mol. The first-order chi connectivity index (χ1) is 17.2. The Hall–Kier alpha value is -3.85. The van der Waals surface area contributed by atoms with Crippen LogP contribution in [0.1, 0.15) is 42.7 Å². The van der Waals surface area contributed by atoms with Crippen molar-refractivity contribution < 1.29 is 9.53 Å². The number of nitrogens with one attached hydrogen (secondary N) is 1. The number of carbonyl (C=O) groups is 1. The number of ketones is 1. The molecule has 4 aromatic rings. The fourth-order valence-corrected chi connectivity index (χ4v) is 4.34. The van der Waals surface area contributed by atoms with Gasteiger partial charge in [0.05, 0.1) is 48.2 Å². The predicted molar refractivity (Wildman–Crippen MR) is 134 cm³/mol. The lowest BCUT2D eigenvalue weighted by Gasteiger charge is -2.27. The van der Waals surface area contributed by atoms with Gasteiger partial charge < -0.3 is 19.5 Å². The maximum Gasteiger partial charge on any atom is 0.228 e. The van der Waals surface area contributed by atoms with Gasteiger partial charge in [0.15, 0.2) is 5.78 Å². The fourth-order valence-electron chi connectivity index (χ4n) is 4.34. The van der Waals surface area contributed by atoms with E-state index in [1.807, 2.05) is 25.4 Å². The van der Waals surface area contributed by atoms with Crippen LogP contribution in [0, 0.1) is 0 Å². The number of fused-ring (bicyclic) bond motifs is 1. The van der Waals surface area contributed by atoms with Gasteiger partial charge in [-0.1, -0.05) is 13.0 Å². The molecule has 0 unspecified atom stereocenters. The number of nitrogens with zero attached hydrogens (tertiary/aromatic N) is 6. The van der Waals surface area contributed by atoms with Gasteiger partial charge in [-0.25, -0.2) is 9.97 Å². The van der Waals surface area contributed by atoms with Gasteiger partial charge in [-0.15, -0.1) is 0 Å². The summed E-state index contributed by atoms with van der Waals surface area (Å²) in [6.45, 7) is 4.62. The van der Waals surface area contributed by atoms with Crippen molar-refractivity contribution in [1.82, 2.24) is 24.5 Å². The van der Waals surface area contributed by atoms with Crippen LogP contribution < -0.4 is 10.2 Å². The molecule has 1 saturated carbocycles. The minimum Gasteiger partial charge on any atom is -0.378 e. The van der Waals surface area contributed by atoms with E-state index in [-0.39, 0.29) is 5.78 Å². The lowest BCUT2D eigenvalue weighted by atomic mass is 10.1. The lowest BCUT2D eigenvalue weighted by molar-refractivity contribution is 0.0983. The molecule has 1 aromatic carbocycles. The Balaban J connectivity index is 1.37. The van der Waals surface area contributed by atoms with E-state index >= 15 is 0 Å². The van der Waals surface area contributed by atoms with Crippen molar-refractivity contribution in [2.24, 2.45) is 0 Å². The fraction of sp³-hybridized carbons (Fsp3) is 0.346. The van der Waals surface area contributed by atoms with Crippen LogP contribution >= 0.6 is 0 Å². The number of carbonyl (C=O) groups excluding carboxylic acids is 1. The number of hydrogen-bond donors (Lipinski definition) is 1. The van der Waals surface area contributed by atoms with Crippen LogP contribution in [-0.2, 0) is 4.74 Å². The Morgan fingerprint density at radius 2 is 1.94 bits per heavy atom. The van der Waals surface area contributed by atoms with Gasteiger partial charge >= 0.3 is 0 Å². The second-order valence-electron chi connectivity index (χ2n) is 8.96. The number of Topliss-reactive ketones (excluding diaryl/α,β-unsaturated/α-hetero) is 1. The van der Waals surface area contributed by atoms with Gasteiger partial charge in [0.2, 0.25) is 5.95 Å². The standard InChI is InChI=1S/C26H27N7O2/c1-2-24(34)21-8-4-18(15-27-21)29-25-14-22(30-26(31-25)32-9-11-35-12-10-32)17-3-7-20-23(13-17)33(16-28-20)19-5-6-19/h3-4,7-8,13-16,19H,2,5-6,9-12H2,1H3,(H,29,30,31). The van der Waals surface area contributed by atoms with E-state index < -0.39 is 0 Å². The van der Waals surface area contributed by atoms with Crippen molar-refractivity contribution in [1.29, 1.82) is 0 Å². The first-order valence-electron chi connectivity index (χ1n) is 12.1. The molecule has 0 spiro atoms. The van der Waals surface area contributed by atoms with E-state index in [0.717, 1.165) is 41.1 Å². The summed E-state index contributed by atoms with van der Waals surface area (Å²) in [5, 5.41) is 3.35. The number of morpholine rings is 1. The normalized spacial score (nSPS) is 16.0. The van der Waals surface area contributed by atoms with Crippen molar-refractivity contribution in [3.8, 4) is 11.3 Å². The van der Waals surface area contributed by atoms with Crippen LogP contribution in [0.4, 0.5) is 17.5 Å². The average molecular weight is 470 g/mol. The SMILES string of the molecule is CCC(=O)c1ccc(Nc2cc(-c3ccc4ncn(C5CC5)c4c3)nc(N3CCOCC3)n2)cn1. The van der Waals surface area contributed by atoms with E-state index in [1.165, 1.54) is 12.8 Å². The van der Waals surface area contributed by atoms with Gasteiger partial charge in [-0.2, -0.15) is 4.98 Å². The zero-order chi connectivity index (χ0) is 23.8. The molecule has 1 saturated heterocycles. The Morgan fingerprint density at radius 1 is 1.09 bits per heavy atom. The molecule has 0 bridgehead atoms. The third-order valence-corrected chi connectivity index (χ3v) is 6.46. The zero-order valence-electron chi connectivity index (χ0n) is 19.6. The van der Waals surface area contributed by atoms with Gasteiger partial charge in [-0.05, 0) is 37.1 Å². The number of imidazole rings is 1. The number of anilines is 3. The van der Waals surface area contributed by atoms with Gasteiger partial charge in [0, 0.05) is 37.2 Å². The Bertz CT molecular complexity index is 1370. The van der Waals surface area contributed by atoms with E-state index in [2.05, 4.69) is 43.0 Å². The molecule has 4 heterocycles. The largest absolute Gasteiger partial charge is 0.378 e. The van der Waals surface area contributed by atoms with Crippen LogP contribution in [0.15, 0.2) is 48.9 Å². The summed E-state index contributed by atoms with van der Waals surface area (Å²) in [6.07, 6.45) is 6.45. The van der Waals surface area contributed by atoms with Gasteiger partial charge in [0.1, 0.15) is 11.5 Å². The molecule has 0 radical (unpaired) electrons. The summed E-state index contributed by atoms with van der Waals surface area (Å²) in [5.74, 6) is 1.36. The number of rotatable bonds is 7. The highest BCUT2D eigenvalue weighted by Crippen LogP contribution is 2.38. The molecule has 1 aliphatic carbocycles. The van der Waals surface area contributed by atoms with E-state index in [9.17, 15) is 4.79 Å². The molecule has 0 amide bonds. The summed E-state index contributed by atoms with van der Waals surface area (Å²) in [4.78, 5) is 32.7. The summed E-state index contributed by atoms with van der Waals surface area (Å²) < 4.78 is 7.79. The molecule has 1 N–H and O–H groups in total. The van der Waals surface area contributed by atoms with Crippen LogP contribution in [0.2, 0.25) is 0 Å². The van der Waals surface area contributed by atoms with Crippen molar-refractivity contribution in [3.63, 3.8) is 0 Å². The number of hydrogen-bond acceptors (Lipinski definition) is 8. The second-order valence-corrected chi connectivity index (χ2v) is 8.96. The number of pyridine rings is 1. The first kappa shape index (κ1) is 21.7. The molecule has 2 fully saturated rings. The molecule has 6 rings (SSSR count). The molecule has 3 aromatic heterocycles. The average Bonchev–Trinajstić information content (AvgIpc) is 3.67. The highest BCUT2D eigenvalue weighted by molar-refractivity contribution is 5.94. The molecule has 35 heavy (non-hydrogen) atoms. The minimum absolute atomic E-state index is 0.0244. The summed E-state index contributed by atoms with van der Waals surface area (Å²) in [7, 11) is 0. The first-order valence-corrected chi connectivity index (χ1v) is 12.1. The Labute approximate surface area is 203 Å². The molecule has 0 atom stereocenters. The van der Waals surface area contributed by atoms with E-state index in [0.29, 0.717) is 43.1 Å². The lowest BCUT2D eigenvalue weighted by Crippen LogP contribution is -2.37. The van der Waals surface area contributed by atoms with Crippen LogP contribution in [-0.4, -0.2) is 56.6 Å². The summed E-state index contributed by atoms with van der Waals surface area (Å²) in [5.41, 5.74) is 5.20. The third kappa shape index (κ3) is 4.46. The maximum atomic E-state index is 11.9. The van der Waals surface area contributed by atoms with Crippen LogP contribution in [0.3, 0.4) is 0 Å². The highest BCUT2D eigenvalue weighted by Gasteiger charge is 2.25. The second kappa shape index (κ2) is 9.07. The van der Waals surface area contributed by atoms with Crippen LogP contribution in [0.5, 0.6) is 0 Å². The summed E-state index contributed by atoms with van der Waals surface area (Å²) >= 11 is 0. The number of benzene rings is 1. The molecule has 178 valence electrons. The third-order valence-electron chi connectivity index (χ3n) is 6.46. The zero-order valence-corrected chi connectivity index (χ0v) is 19.6. The number of aromatic nitrogens is 5. The topological polar surface area (TPSA) is 98.1 Å².